The molecular weight excluding hydrogens is 326 g/mol. The number of H-pyrrole nitrogens is 1. The molecule has 2 amide bonds. The van der Waals surface area contributed by atoms with Gasteiger partial charge >= 0.3 is 0 Å². The van der Waals surface area contributed by atoms with Gasteiger partial charge in [0.05, 0.1) is 6.42 Å². The van der Waals surface area contributed by atoms with Crippen molar-refractivity contribution in [3.8, 4) is 0 Å². The van der Waals surface area contributed by atoms with Crippen molar-refractivity contribution >= 4 is 23.4 Å². The number of hydrogen-bond acceptors (Lipinski definition) is 2. The molecule has 1 saturated heterocycles. The van der Waals surface area contributed by atoms with Crippen LogP contribution in [0, 0.1) is 0 Å². The molecule has 1 fully saturated rings. The van der Waals surface area contributed by atoms with Crippen molar-refractivity contribution in [3.63, 3.8) is 0 Å². The molecule has 1 aliphatic heterocycles. The minimum absolute atomic E-state index is 0.0313. The molecule has 2 aromatic rings. The van der Waals surface area contributed by atoms with E-state index in [1.165, 1.54) is 0 Å². The monoisotopic (exact) mass is 345 g/mol. The highest BCUT2D eigenvalue weighted by atomic mass is 35.5. The van der Waals surface area contributed by atoms with E-state index >= 15 is 0 Å². The van der Waals surface area contributed by atoms with Gasteiger partial charge in [0.2, 0.25) is 5.91 Å². The highest BCUT2D eigenvalue weighted by molar-refractivity contribution is 6.30. The minimum Gasteiger partial charge on any atom is -0.365 e. The molecule has 1 aliphatic rings. The first kappa shape index (κ1) is 16.6. The Morgan fingerprint density at radius 1 is 1.04 bits per heavy atom. The number of hydrogen-bond donors (Lipinski definition) is 1. The lowest BCUT2D eigenvalue weighted by Gasteiger charge is -2.22. The van der Waals surface area contributed by atoms with Gasteiger partial charge in [0, 0.05) is 48.7 Å². The fourth-order valence-corrected chi connectivity index (χ4v) is 3.12. The van der Waals surface area contributed by atoms with Crippen LogP contribution in [0.15, 0.2) is 42.6 Å². The zero-order chi connectivity index (χ0) is 16.9. The average molecular weight is 346 g/mol. The van der Waals surface area contributed by atoms with E-state index in [-0.39, 0.29) is 11.8 Å². The molecule has 2 heterocycles. The van der Waals surface area contributed by atoms with Crippen LogP contribution >= 0.6 is 11.6 Å². The third-order valence-electron chi connectivity index (χ3n) is 4.21. The van der Waals surface area contributed by atoms with E-state index in [4.69, 9.17) is 11.6 Å². The molecule has 0 saturated carbocycles. The van der Waals surface area contributed by atoms with E-state index in [1.807, 2.05) is 23.2 Å². The maximum absolute atomic E-state index is 12.6. The summed E-state index contributed by atoms with van der Waals surface area (Å²) in [6.07, 6.45) is 2.97. The van der Waals surface area contributed by atoms with E-state index in [0.717, 1.165) is 12.1 Å². The van der Waals surface area contributed by atoms with Crippen LogP contribution in [-0.4, -0.2) is 52.8 Å². The van der Waals surface area contributed by atoms with Crippen LogP contribution in [0.2, 0.25) is 5.02 Å². The molecule has 24 heavy (non-hydrogen) atoms. The molecule has 0 spiro atoms. The van der Waals surface area contributed by atoms with Gasteiger partial charge in [-0.3, -0.25) is 9.59 Å². The van der Waals surface area contributed by atoms with Gasteiger partial charge in [0.25, 0.3) is 5.91 Å². The zero-order valence-corrected chi connectivity index (χ0v) is 14.1. The fourth-order valence-electron chi connectivity index (χ4n) is 2.93. The van der Waals surface area contributed by atoms with Gasteiger partial charge in [-0.15, -0.1) is 0 Å². The Hall–Kier alpha value is -2.27. The maximum Gasteiger partial charge on any atom is 0.253 e. The molecule has 0 radical (unpaired) electrons. The molecule has 3 rings (SSSR count). The number of nitrogens with one attached hydrogen (secondary N) is 1. The molecule has 126 valence electrons. The van der Waals surface area contributed by atoms with Crippen LogP contribution in [0.5, 0.6) is 0 Å². The number of carbonyl (C=O) groups excluding carboxylic acids is 2. The highest BCUT2D eigenvalue weighted by Crippen LogP contribution is 2.14. The van der Waals surface area contributed by atoms with Crippen molar-refractivity contribution in [3.05, 3.63) is 58.9 Å². The highest BCUT2D eigenvalue weighted by Gasteiger charge is 2.23. The summed E-state index contributed by atoms with van der Waals surface area (Å²) in [6, 6.07) is 10.8. The largest absolute Gasteiger partial charge is 0.365 e. The Labute approximate surface area is 146 Å². The van der Waals surface area contributed by atoms with Crippen molar-refractivity contribution in [1.82, 2.24) is 14.8 Å². The van der Waals surface area contributed by atoms with Gasteiger partial charge in [-0.1, -0.05) is 17.7 Å². The van der Waals surface area contributed by atoms with Crippen molar-refractivity contribution in [2.24, 2.45) is 0 Å². The summed E-state index contributed by atoms with van der Waals surface area (Å²) in [5.41, 5.74) is 1.50. The molecule has 1 N–H and O–H groups in total. The van der Waals surface area contributed by atoms with E-state index in [9.17, 15) is 9.59 Å². The first-order chi connectivity index (χ1) is 11.6. The normalized spacial score (nSPS) is 15.2. The van der Waals surface area contributed by atoms with Gasteiger partial charge in [0.1, 0.15) is 0 Å². The Bertz CT molecular complexity index is 715. The predicted molar refractivity (Wildman–Crippen MR) is 93.0 cm³/mol. The number of aromatic nitrogens is 1. The Kier molecular flexibility index (Phi) is 5.20. The molecule has 1 aromatic heterocycles. The first-order valence-electron chi connectivity index (χ1n) is 8.08. The Balaban J connectivity index is 1.60. The third-order valence-corrected chi connectivity index (χ3v) is 4.45. The van der Waals surface area contributed by atoms with Gasteiger partial charge in [-0.05, 0) is 36.8 Å². The van der Waals surface area contributed by atoms with Crippen LogP contribution in [-0.2, 0) is 11.2 Å². The summed E-state index contributed by atoms with van der Waals surface area (Å²) in [6.45, 7) is 2.43. The second-order valence-electron chi connectivity index (χ2n) is 5.91. The van der Waals surface area contributed by atoms with Crippen LogP contribution in [0.25, 0.3) is 0 Å². The van der Waals surface area contributed by atoms with Crippen molar-refractivity contribution in [2.45, 2.75) is 12.8 Å². The predicted octanol–water partition coefficient (Wildman–Crippen LogP) is 2.59. The number of rotatable bonds is 3. The molecule has 1 aromatic carbocycles. The minimum atomic E-state index is -0.0313. The second kappa shape index (κ2) is 7.53. The second-order valence-corrected chi connectivity index (χ2v) is 6.35. The van der Waals surface area contributed by atoms with Gasteiger partial charge in [-0.2, -0.15) is 0 Å². The summed E-state index contributed by atoms with van der Waals surface area (Å²) in [5, 5.41) is 0.554. The van der Waals surface area contributed by atoms with E-state index in [2.05, 4.69) is 4.98 Å². The number of amides is 2. The molecule has 6 heteroatoms. The zero-order valence-electron chi connectivity index (χ0n) is 13.4. The number of nitrogens with zero attached hydrogens (tertiary/aromatic N) is 2. The van der Waals surface area contributed by atoms with Crippen LogP contribution in [0.1, 0.15) is 22.5 Å². The van der Waals surface area contributed by atoms with Crippen LogP contribution < -0.4 is 0 Å². The third kappa shape index (κ3) is 3.97. The Morgan fingerprint density at radius 2 is 1.83 bits per heavy atom. The summed E-state index contributed by atoms with van der Waals surface area (Å²) >= 11 is 5.97. The lowest BCUT2D eigenvalue weighted by molar-refractivity contribution is -0.130. The molecule has 0 bridgehead atoms. The SMILES string of the molecule is O=C(Cc1ccc[nH]1)N1CCCN(C(=O)c2cccc(Cl)c2)CC1. The topological polar surface area (TPSA) is 56.4 Å². The van der Waals surface area contributed by atoms with Crippen LogP contribution in [0.3, 0.4) is 0 Å². The smallest absolute Gasteiger partial charge is 0.253 e. The lowest BCUT2D eigenvalue weighted by atomic mass is 10.2. The van der Waals surface area contributed by atoms with Crippen molar-refractivity contribution < 1.29 is 9.59 Å². The number of carbonyl (C=O) groups is 2. The Morgan fingerprint density at radius 3 is 2.58 bits per heavy atom. The quantitative estimate of drug-likeness (QED) is 0.929. The number of halogens is 1. The van der Waals surface area contributed by atoms with Gasteiger partial charge in [0.15, 0.2) is 0 Å². The summed E-state index contributed by atoms with van der Waals surface area (Å²) in [7, 11) is 0. The maximum atomic E-state index is 12.6. The average Bonchev–Trinajstić information content (AvgIpc) is 2.95. The summed E-state index contributed by atoms with van der Waals surface area (Å²) in [4.78, 5) is 31.7. The van der Waals surface area contributed by atoms with Gasteiger partial charge < -0.3 is 14.8 Å². The molecule has 0 unspecified atom stereocenters. The van der Waals surface area contributed by atoms with Crippen molar-refractivity contribution in [2.75, 3.05) is 26.2 Å². The lowest BCUT2D eigenvalue weighted by Crippen LogP contribution is -2.38. The molecule has 5 nitrogen and oxygen atoms in total. The van der Waals surface area contributed by atoms with Gasteiger partial charge in [-0.25, -0.2) is 0 Å². The standard InChI is InChI=1S/C18H20ClN3O2/c19-15-5-1-4-14(12-15)18(24)22-9-3-8-21(10-11-22)17(23)13-16-6-2-7-20-16/h1-2,4-7,12,20H,3,8-11,13H2. The van der Waals surface area contributed by atoms with Crippen LogP contribution in [0.4, 0.5) is 0 Å². The summed E-state index contributed by atoms with van der Waals surface area (Å²) < 4.78 is 0. The fraction of sp³-hybridized carbons (Fsp3) is 0.333. The van der Waals surface area contributed by atoms with E-state index < -0.39 is 0 Å². The van der Waals surface area contributed by atoms with Crippen molar-refractivity contribution in [1.29, 1.82) is 0 Å². The molecule has 0 aliphatic carbocycles. The molecular formula is C18H20ClN3O2. The number of aromatic amines is 1. The molecule has 0 atom stereocenters. The summed E-state index contributed by atoms with van der Waals surface area (Å²) in [5.74, 6) is 0.0608. The van der Waals surface area contributed by atoms with E-state index in [1.54, 1.807) is 29.2 Å². The first-order valence-corrected chi connectivity index (χ1v) is 8.46. The number of benzene rings is 1. The van der Waals surface area contributed by atoms with E-state index in [0.29, 0.717) is 43.2 Å².